The molecule has 0 bridgehead atoms. The molecule has 1 aromatic rings. The Morgan fingerprint density at radius 3 is 2.37 bits per heavy atom. The standard InChI is InChI=1S/C18H29N/c1-14-8-10-15(11-9-14)13-18(19)12-6-5-7-16(18)17(2,3)4/h8-11,16H,5-7,12-13,19H2,1-4H3. The van der Waals surface area contributed by atoms with Crippen LogP contribution >= 0.6 is 0 Å². The summed E-state index contributed by atoms with van der Waals surface area (Å²) in [5.74, 6) is 0.620. The lowest BCUT2D eigenvalue weighted by molar-refractivity contribution is 0.0793. The van der Waals surface area contributed by atoms with Crippen molar-refractivity contribution >= 4 is 0 Å². The Hall–Kier alpha value is -0.820. The van der Waals surface area contributed by atoms with E-state index in [1.165, 1.54) is 36.8 Å². The molecule has 0 aromatic heterocycles. The van der Waals surface area contributed by atoms with Crippen molar-refractivity contribution < 1.29 is 0 Å². The maximum atomic E-state index is 6.86. The van der Waals surface area contributed by atoms with Gasteiger partial charge in [-0.1, -0.05) is 63.4 Å². The van der Waals surface area contributed by atoms with Crippen molar-refractivity contribution in [1.29, 1.82) is 0 Å². The molecule has 1 aromatic carbocycles. The van der Waals surface area contributed by atoms with Crippen LogP contribution in [0.5, 0.6) is 0 Å². The van der Waals surface area contributed by atoms with Crippen LogP contribution in [0.4, 0.5) is 0 Å². The van der Waals surface area contributed by atoms with E-state index in [-0.39, 0.29) is 5.54 Å². The molecule has 0 aliphatic heterocycles. The van der Waals surface area contributed by atoms with Gasteiger partial charge in [-0.2, -0.15) is 0 Å². The summed E-state index contributed by atoms with van der Waals surface area (Å²) in [6.45, 7) is 9.18. The molecule has 2 rings (SSSR count). The minimum atomic E-state index is -0.0221. The predicted molar refractivity (Wildman–Crippen MR) is 83.2 cm³/mol. The minimum Gasteiger partial charge on any atom is -0.325 e. The summed E-state index contributed by atoms with van der Waals surface area (Å²) in [4.78, 5) is 0. The third-order valence-corrected chi connectivity index (χ3v) is 4.78. The van der Waals surface area contributed by atoms with Crippen LogP contribution in [-0.4, -0.2) is 5.54 Å². The fraction of sp³-hybridized carbons (Fsp3) is 0.667. The van der Waals surface area contributed by atoms with Gasteiger partial charge in [0.05, 0.1) is 0 Å². The van der Waals surface area contributed by atoms with Crippen molar-refractivity contribution in [2.75, 3.05) is 0 Å². The van der Waals surface area contributed by atoms with Crippen LogP contribution in [-0.2, 0) is 6.42 Å². The van der Waals surface area contributed by atoms with Crippen molar-refractivity contribution in [2.24, 2.45) is 17.1 Å². The summed E-state index contributed by atoms with van der Waals surface area (Å²) >= 11 is 0. The third kappa shape index (κ3) is 3.39. The first-order valence-corrected chi connectivity index (χ1v) is 7.66. The summed E-state index contributed by atoms with van der Waals surface area (Å²) in [5, 5.41) is 0. The molecular weight excluding hydrogens is 230 g/mol. The van der Waals surface area contributed by atoms with Crippen molar-refractivity contribution in [1.82, 2.24) is 0 Å². The zero-order chi connectivity index (χ0) is 14.1. The number of hydrogen-bond donors (Lipinski definition) is 1. The van der Waals surface area contributed by atoms with Gasteiger partial charge in [0.2, 0.25) is 0 Å². The molecule has 1 nitrogen and oxygen atoms in total. The van der Waals surface area contributed by atoms with Crippen LogP contribution in [0.2, 0.25) is 0 Å². The smallest absolute Gasteiger partial charge is 0.0228 e. The molecule has 0 heterocycles. The first-order valence-electron chi connectivity index (χ1n) is 7.66. The molecule has 106 valence electrons. The summed E-state index contributed by atoms with van der Waals surface area (Å²) in [6, 6.07) is 8.90. The lowest BCUT2D eigenvalue weighted by Crippen LogP contribution is -2.55. The van der Waals surface area contributed by atoms with Crippen LogP contribution in [0, 0.1) is 18.3 Å². The molecule has 0 saturated heterocycles. The first kappa shape index (κ1) is 14.6. The number of nitrogens with two attached hydrogens (primary N) is 1. The van der Waals surface area contributed by atoms with E-state index in [1.807, 2.05) is 0 Å². The molecule has 1 aliphatic carbocycles. The average Bonchev–Trinajstić information content (AvgIpc) is 2.31. The molecule has 1 saturated carbocycles. The maximum Gasteiger partial charge on any atom is 0.0228 e. The van der Waals surface area contributed by atoms with E-state index in [0.29, 0.717) is 11.3 Å². The maximum absolute atomic E-state index is 6.86. The number of rotatable bonds is 2. The van der Waals surface area contributed by atoms with Crippen molar-refractivity contribution in [3.05, 3.63) is 35.4 Å². The largest absolute Gasteiger partial charge is 0.325 e. The Morgan fingerprint density at radius 1 is 1.16 bits per heavy atom. The Kier molecular flexibility index (Phi) is 4.06. The molecule has 2 N–H and O–H groups in total. The van der Waals surface area contributed by atoms with Gasteiger partial charge < -0.3 is 5.73 Å². The van der Waals surface area contributed by atoms with Gasteiger partial charge in [0.25, 0.3) is 0 Å². The molecule has 2 atom stereocenters. The quantitative estimate of drug-likeness (QED) is 0.833. The highest BCUT2D eigenvalue weighted by molar-refractivity contribution is 5.24. The van der Waals surface area contributed by atoms with Crippen molar-refractivity contribution in [3.63, 3.8) is 0 Å². The highest BCUT2D eigenvalue weighted by atomic mass is 14.8. The summed E-state index contributed by atoms with van der Waals surface area (Å²) in [7, 11) is 0. The number of benzene rings is 1. The van der Waals surface area contributed by atoms with E-state index in [1.54, 1.807) is 0 Å². The molecule has 19 heavy (non-hydrogen) atoms. The Bertz CT molecular complexity index is 412. The number of hydrogen-bond acceptors (Lipinski definition) is 1. The average molecular weight is 259 g/mol. The fourth-order valence-electron chi connectivity index (χ4n) is 3.86. The zero-order valence-corrected chi connectivity index (χ0v) is 13.0. The van der Waals surface area contributed by atoms with Crippen LogP contribution in [0.15, 0.2) is 24.3 Å². The van der Waals surface area contributed by atoms with Gasteiger partial charge in [0.1, 0.15) is 0 Å². The van der Waals surface area contributed by atoms with Gasteiger partial charge in [-0.05, 0) is 43.1 Å². The normalized spacial score (nSPS) is 28.4. The van der Waals surface area contributed by atoms with E-state index in [9.17, 15) is 0 Å². The second-order valence-electron chi connectivity index (χ2n) is 7.56. The predicted octanol–water partition coefficient (Wildman–Crippen LogP) is 4.47. The zero-order valence-electron chi connectivity index (χ0n) is 13.0. The third-order valence-electron chi connectivity index (χ3n) is 4.78. The van der Waals surface area contributed by atoms with Gasteiger partial charge in [-0.15, -0.1) is 0 Å². The van der Waals surface area contributed by atoms with E-state index in [2.05, 4.69) is 52.0 Å². The lowest BCUT2D eigenvalue weighted by Gasteiger charge is -2.48. The Balaban J connectivity index is 2.21. The first-order chi connectivity index (χ1) is 8.81. The van der Waals surface area contributed by atoms with Crippen LogP contribution in [0.25, 0.3) is 0 Å². The molecule has 1 aliphatic rings. The Morgan fingerprint density at radius 2 is 1.79 bits per heavy atom. The van der Waals surface area contributed by atoms with Crippen molar-refractivity contribution in [3.8, 4) is 0 Å². The Labute approximate surface area is 118 Å². The van der Waals surface area contributed by atoms with Gasteiger partial charge in [0.15, 0.2) is 0 Å². The van der Waals surface area contributed by atoms with Crippen LogP contribution < -0.4 is 5.73 Å². The van der Waals surface area contributed by atoms with Gasteiger partial charge in [0, 0.05) is 5.54 Å². The SMILES string of the molecule is Cc1ccc(CC2(N)CCCCC2C(C)(C)C)cc1. The summed E-state index contributed by atoms with van der Waals surface area (Å²) in [6.07, 6.45) is 6.10. The number of aryl methyl sites for hydroxylation is 1. The topological polar surface area (TPSA) is 26.0 Å². The molecular formula is C18H29N. The highest BCUT2D eigenvalue weighted by Gasteiger charge is 2.43. The minimum absolute atomic E-state index is 0.0221. The molecule has 1 fully saturated rings. The van der Waals surface area contributed by atoms with Gasteiger partial charge in [-0.25, -0.2) is 0 Å². The van der Waals surface area contributed by atoms with E-state index in [0.717, 1.165) is 6.42 Å². The fourth-order valence-corrected chi connectivity index (χ4v) is 3.86. The molecule has 0 radical (unpaired) electrons. The second kappa shape index (κ2) is 5.28. The van der Waals surface area contributed by atoms with Crippen molar-refractivity contribution in [2.45, 2.75) is 65.3 Å². The van der Waals surface area contributed by atoms with Gasteiger partial charge in [-0.3, -0.25) is 0 Å². The highest BCUT2D eigenvalue weighted by Crippen LogP contribution is 2.44. The molecule has 2 unspecified atom stereocenters. The summed E-state index contributed by atoms with van der Waals surface area (Å²) in [5.41, 5.74) is 9.86. The molecule has 1 heteroatoms. The van der Waals surface area contributed by atoms with E-state index in [4.69, 9.17) is 5.73 Å². The van der Waals surface area contributed by atoms with Gasteiger partial charge >= 0.3 is 0 Å². The van der Waals surface area contributed by atoms with E-state index >= 15 is 0 Å². The van der Waals surface area contributed by atoms with Crippen LogP contribution in [0.1, 0.15) is 57.6 Å². The second-order valence-corrected chi connectivity index (χ2v) is 7.56. The molecule has 0 amide bonds. The molecule has 0 spiro atoms. The van der Waals surface area contributed by atoms with Crippen LogP contribution in [0.3, 0.4) is 0 Å². The monoisotopic (exact) mass is 259 g/mol. The van der Waals surface area contributed by atoms with E-state index < -0.39 is 0 Å². The summed E-state index contributed by atoms with van der Waals surface area (Å²) < 4.78 is 0. The lowest BCUT2D eigenvalue weighted by atomic mass is 9.61.